The van der Waals surface area contributed by atoms with E-state index in [2.05, 4.69) is 19.2 Å². The highest BCUT2D eigenvalue weighted by Gasteiger charge is 2.42. The number of amides is 2. The Bertz CT molecular complexity index is 564. The fraction of sp³-hybridized carbons (Fsp3) is 0.946. The van der Waals surface area contributed by atoms with E-state index >= 15 is 0 Å². The van der Waals surface area contributed by atoms with Crippen molar-refractivity contribution in [3.8, 4) is 0 Å². The summed E-state index contributed by atoms with van der Waals surface area (Å²) in [5.41, 5.74) is 4.76. The van der Waals surface area contributed by atoms with Crippen molar-refractivity contribution in [3.63, 3.8) is 0 Å². The lowest BCUT2D eigenvalue weighted by Crippen LogP contribution is -2.50. The maximum atomic E-state index is 13.1. The molecule has 0 fully saturated rings. The number of nitrogens with one attached hydrogen (secondary N) is 1. The van der Waals surface area contributed by atoms with Crippen molar-refractivity contribution < 1.29 is 14.7 Å². The number of nitrogens with two attached hydrogens (primary N) is 1. The third-order valence-electron chi connectivity index (χ3n) is 9.22. The summed E-state index contributed by atoms with van der Waals surface area (Å²) in [6.07, 6.45) is 36.8. The van der Waals surface area contributed by atoms with Crippen LogP contribution in [0.1, 0.15) is 206 Å². The molecule has 0 radical (unpaired) electrons. The molecule has 5 heteroatoms. The zero-order chi connectivity index (χ0) is 31.0. The van der Waals surface area contributed by atoms with Crippen LogP contribution in [-0.4, -0.2) is 30.1 Å². The molecule has 0 saturated carbocycles. The minimum atomic E-state index is -1.14. The van der Waals surface area contributed by atoms with Gasteiger partial charge in [-0.25, -0.2) is 0 Å². The normalized spacial score (nSPS) is 11.7. The van der Waals surface area contributed by atoms with Gasteiger partial charge in [0.05, 0.1) is 6.61 Å². The maximum Gasteiger partial charge on any atom is 0.235 e. The van der Waals surface area contributed by atoms with Gasteiger partial charge in [0, 0.05) is 6.54 Å². The molecule has 0 aliphatic carbocycles. The van der Waals surface area contributed by atoms with E-state index < -0.39 is 11.3 Å². The molecule has 4 N–H and O–H groups in total. The highest BCUT2D eigenvalue weighted by atomic mass is 16.3. The molecule has 2 amide bonds. The first kappa shape index (κ1) is 40.9. The fourth-order valence-electron chi connectivity index (χ4n) is 6.29. The number of aliphatic hydroxyl groups is 1. The third-order valence-corrected chi connectivity index (χ3v) is 9.22. The van der Waals surface area contributed by atoms with Gasteiger partial charge in [-0.1, -0.05) is 194 Å². The first-order chi connectivity index (χ1) is 20.5. The van der Waals surface area contributed by atoms with Gasteiger partial charge in [0.15, 0.2) is 0 Å². The molecule has 0 rings (SSSR count). The first-order valence-electron chi connectivity index (χ1n) is 18.7. The largest absolute Gasteiger partial charge is 0.395 e. The van der Waals surface area contributed by atoms with E-state index in [9.17, 15) is 14.7 Å². The van der Waals surface area contributed by atoms with Crippen LogP contribution in [0.3, 0.4) is 0 Å². The first-order valence-corrected chi connectivity index (χ1v) is 18.7. The Morgan fingerprint density at radius 3 is 1.00 bits per heavy atom. The average Bonchev–Trinajstić information content (AvgIpc) is 2.98. The highest BCUT2D eigenvalue weighted by Crippen LogP contribution is 2.32. The molecule has 0 aromatic carbocycles. The molecule has 0 unspecified atom stereocenters. The van der Waals surface area contributed by atoms with Gasteiger partial charge in [-0.3, -0.25) is 9.59 Å². The lowest BCUT2D eigenvalue weighted by molar-refractivity contribution is -0.143. The van der Waals surface area contributed by atoms with Crippen LogP contribution in [0, 0.1) is 5.41 Å². The minimum Gasteiger partial charge on any atom is -0.395 e. The van der Waals surface area contributed by atoms with Crippen LogP contribution in [-0.2, 0) is 9.59 Å². The Kier molecular flexibility index (Phi) is 30.5. The number of unbranched alkanes of at least 4 members (excludes halogenated alkanes) is 26. The van der Waals surface area contributed by atoms with Gasteiger partial charge in [0.2, 0.25) is 11.8 Å². The summed E-state index contributed by atoms with van der Waals surface area (Å²) in [7, 11) is 0. The lowest BCUT2D eigenvalue weighted by atomic mass is 9.76. The third kappa shape index (κ3) is 23.4. The molecular weight excluding hydrogens is 520 g/mol. The molecule has 0 aromatic rings. The summed E-state index contributed by atoms with van der Waals surface area (Å²) < 4.78 is 0. The Morgan fingerprint density at radius 2 is 0.762 bits per heavy atom. The molecule has 5 nitrogen and oxygen atoms in total. The van der Waals surface area contributed by atoms with Gasteiger partial charge in [-0.05, 0) is 12.8 Å². The summed E-state index contributed by atoms with van der Waals surface area (Å²) >= 11 is 0. The molecule has 0 aliphatic rings. The Labute approximate surface area is 262 Å². The predicted molar refractivity (Wildman–Crippen MR) is 182 cm³/mol. The zero-order valence-electron chi connectivity index (χ0n) is 28.5. The number of primary amides is 1. The second kappa shape index (κ2) is 31.3. The molecule has 0 atom stereocenters. The summed E-state index contributed by atoms with van der Waals surface area (Å²) in [6.45, 7) is 4.58. The van der Waals surface area contributed by atoms with Crippen LogP contribution in [0.25, 0.3) is 0 Å². The topological polar surface area (TPSA) is 92.4 Å². The molecule has 0 aliphatic heterocycles. The number of aliphatic hydroxyl groups excluding tert-OH is 1. The lowest BCUT2D eigenvalue weighted by Gasteiger charge is -2.29. The monoisotopic (exact) mass is 595 g/mol. The van der Waals surface area contributed by atoms with Crippen molar-refractivity contribution in [1.29, 1.82) is 0 Å². The maximum absolute atomic E-state index is 13.1. The van der Waals surface area contributed by atoms with Gasteiger partial charge in [0.1, 0.15) is 5.41 Å². The van der Waals surface area contributed by atoms with Crippen molar-refractivity contribution in [2.45, 2.75) is 206 Å². The van der Waals surface area contributed by atoms with Crippen molar-refractivity contribution in [3.05, 3.63) is 0 Å². The summed E-state index contributed by atoms with van der Waals surface area (Å²) in [5, 5.41) is 12.0. The van der Waals surface area contributed by atoms with Crippen LogP contribution in [0.15, 0.2) is 0 Å². The van der Waals surface area contributed by atoms with Gasteiger partial charge in [-0.15, -0.1) is 0 Å². The quantitative estimate of drug-likeness (QED) is 0.0511. The molecule has 0 spiro atoms. The van der Waals surface area contributed by atoms with E-state index in [0.29, 0.717) is 12.8 Å². The number of rotatable bonds is 34. The second-order valence-corrected chi connectivity index (χ2v) is 13.1. The van der Waals surface area contributed by atoms with Crippen LogP contribution < -0.4 is 11.1 Å². The van der Waals surface area contributed by atoms with Crippen molar-refractivity contribution in [2.75, 3.05) is 13.2 Å². The van der Waals surface area contributed by atoms with E-state index in [4.69, 9.17) is 5.73 Å². The van der Waals surface area contributed by atoms with Crippen molar-refractivity contribution >= 4 is 11.8 Å². The van der Waals surface area contributed by atoms with Gasteiger partial charge in [-0.2, -0.15) is 0 Å². The molecule has 0 aromatic heterocycles. The molecule has 0 heterocycles. The standard InChI is InChI=1S/C37H74N2O3/c1-3-5-7-9-11-13-15-17-19-21-23-25-27-29-31-37(35(38)41,36(42)39-33-34-40)32-30-28-26-24-22-20-18-16-14-12-10-8-6-4-2/h40H,3-34H2,1-2H3,(H2,38,41)(H,39,42). The average molecular weight is 595 g/mol. The number of hydrogen-bond donors (Lipinski definition) is 3. The predicted octanol–water partition coefficient (Wildman–Crippen LogP) is 10.3. The van der Waals surface area contributed by atoms with Crippen molar-refractivity contribution in [1.82, 2.24) is 5.32 Å². The fourth-order valence-corrected chi connectivity index (χ4v) is 6.29. The Hall–Kier alpha value is -1.10. The van der Waals surface area contributed by atoms with E-state index in [1.807, 2.05) is 0 Å². The van der Waals surface area contributed by atoms with Crippen LogP contribution >= 0.6 is 0 Å². The van der Waals surface area contributed by atoms with E-state index in [1.165, 1.54) is 141 Å². The van der Waals surface area contributed by atoms with Crippen LogP contribution in [0.2, 0.25) is 0 Å². The second-order valence-electron chi connectivity index (χ2n) is 13.1. The summed E-state index contributed by atoms with van der Waals surface area (Å²) in [6, 6.07) is 0. The van der Waals surface area contributed by atoms with E-state index in [0.717, 1.165) is 38.5 Å². The molecule has 0 bridgehead atoms. The molecule has 0 saturated heterocycles. The number of carbonyl (C=O) groups excluding carboxylic acids is 2. The summed E-state index contributed by atoms with van der Waals surface area (Å²) in [5.74, 6) is -0.782. The Balaban J connectivity index is 4.16. The number of hydrogen-bond acceptors (Lipinski definition) is 3. The van der Waals surface area contributed by atoms with Gasteiger partial charge >= 0.3 is 0 Å². The molecular formula is C37H74N2O3. The summed E-state index contributed by atoms with van der Waals surface area (Å²) in [4.78, 5) is 25.7. The van der Waals surface area contributed by atoms with E-state index in [1.54, 1.807) is 0 Å². The smallest absolute Gasteiger partial charge is 0.235 e. The zero-order valence-corrected chi connectivity index (χ0v) is 28.5. The van der Waals surface area contributed by atoms with Gasteiger partial charge in [0.25, 0.3) is 0 Å². The van der Waals surface area contributed by atoms with E-state index in [-0.39, 0.29) is 19.1 Å². The van der Waals surface area contributed by atoms with Gasteiger partial charge < -0.3 is 16.2 Å². The highest BCUT2D eigenvalue weighted by molar-refractivity contribution is 6.04. The van der Waals surface area contributed by atoms with Crippen LogP contribution in [0.4, 0.5) is 0 Å². The number of carbonyl (C=O) groups is 2. The molecule has 250 valence electrons. The minimum absolute atomic E-state index is 0.127. The Morgan fingerprint density at radius 1 is 0.500 bits per heavy atom. The molecule has 42 heavy (non-hydrogen) atoms. The van der Waals surface area contributed by atoms with Crippen LogP contribution in [0.5, 0.6) is 0 Å². The van der Waals surface area contributed by atoms with Crippen molar-refractivity contribution in [2.24, 2.45) is 11.1 Å². The SMILES string of the molecule is CCCCCCCCCCCCCCCCC(CCCCCCCCCCCCCCCC)(C(N)=O)C(=O)NCCO.